The molecule has 38 heavy (non-hydrogen) atoms. The van der Waals surface area contributed by atoms with Crippen LogP contribution in [-0.2, 0) is 28.5 Å². The van der Waals surface area contributed by atoms with Gasteiger partial charge in [-0.3, -0.25) is 14.2 Å². The molecule has 202 valence electrons. The van der Waals surface area contributed by atoms with Gasteiger partial charge in [0.25, 0.3) is 0 Å². The molecule has 0 bridgehead atoms. The van der Waals surface area contributed by atoms with Gasteiger partial charge in [-0.1, -0.05) is 45.2 Å². The summed E-state index contributed by atoms with van der Waals surface area (Å²) in [4.78, 5) is 54.6. The Morgan fingerprint density at radius 3 is 2.34 bits per heavy atom. The molecule has 2 heterocycles. The van der Waals surface area contributed by atoms with Gasteiger partial charge in [-0.15, -0.1) is 6.42 Å². The van der Waals surface area contributed by atoms with Crippen molar-refractivity contribution in [2.75, 3.05) is 12.3 Å². The molecule has 0 saturated carbocycles. The van der Waals surface area contributed by atoms with E-state index in [9.17, 15) is 19.2 Å². The molecular formula is C26H28ClN3O8. The van der Waals surface area contributed by atoms with Crippen molar-refractivity contribution in [1.29, 1.82) is 0 Å². The highest BCUT2D eigenvalue weighted by Gasteiger charge is 2.63. The Kier molecular flexibility index (Phi) is 8.81. The zero-order valence-electron chi connectivity index (χ0n) is 21.3. The van der Waals surface area contributed by atoms with Crippen LogP contribution in [0.2, 0.25) is 5.02 Å². The van der Waals surface area contributed by atoms with Gasteiger partial charge in [0.1, 0.15) is 18.5 Å². The molecule has 0 amide bonds. The second-order valence-electron chi connectivity index (χ2n) is 9.19. The lowest BCUT2D eigenvalue weighted by Gasteiger charge is -2.33. The van der Waals surface area contributed by atoms with E-state index in [0.717, 1.165) is 4.57 Å². The van der Waals surface area contributed by atoms with Crippen LogP contribution < -0.4 is 11.4 Å². The third kappa shape index (κ3) is 5.98. The number of esters is 3. The summed E-state index contributed by atoms with van der Waals surface area (Å²) >= 11 is 5.88. The van der Waals surface area contributed by atoms with Gasteiger partial charge in [-0.2, -0.15) is 4.98 Å². The first-order valence-corrected chi connectivity index (χ1v) is 12.1. The van der Waals surface area contributed by atoms with Gasteiger partial charge >= 0.3 is 23.6 Å². The van der Waals surface area contributed by atoms with Crippen LogP contribution in [0.5, 0.6) is 0 Å². The van der Waals surface area contributed by atoms with Crippen molar-refractivity contribution in [3.8, 4) is 12.3 Å². The van der Waals surface area contributed by atoms with E-state index in [2.05, 4.69) is 10.9 Å². The zero-order valence-corrected chi connectivity index (χ0v) is 22.0. The van der Waals surface area contributed by atoms with Crippen LogP contribution in [0.15, 0.2) is 41.3 Å². The SMILES string of the molecule is C#C[C@@]1(OC(=O)C(C)C)[C@@H](COC(=O)c2ccc(Cl)cc2)O[C@@H](n2ccc(N)nc2=O)[C@@H]1OC(=O)C(C)C. The van der Waals surface area contributed by atoms with Crippen LogP contribution >= 0.6 is 11.6 Å². The van der Waals surface area contributed by atoms with E-state index in [0.29, 0.717) is 5.02 Å². The molecule has 1 saturated heterocycles. The fourth-order valence-electron chi connectivity index (χ4n) is 3.57. The second-order valence-corrected chi connectivity index (χ2v) is 9.62. The van der Waals surface area contributed by atoms with Gasteiger partial charge in [0.15, 0.2) is 6.23 Å². The summed E-state index contributed by atoms with van der Waals surface area (Å²) in [6, 6.07) is 7.28. The van der Waals surface area contributed by atoms with Gasteiger partial charge in [0, 0.05) is 11.2 Å². The Balaban J connectivity index is 2.07. The number of nitrogens with zero attached hydrogens (tertiary/aromatic N) is 2. The minimum absolute atomic E-state index is 0.0529. The van der Waals surface area contributed by atoms with Crippen LogP contribution in [0, 0.1) is 24.2 Å². The van der Waals surface area contributed by atoms with Crippen LogP contribution in [0.25, 0.3) is 0 Å². The van der Waals surface area contributed by atoms with Crippen molar-refractivity contribution in [1.82, 2.24) is 9.55 Å². The molecule has 1 fully saturated rings. The monoisotopic (exact) mass is 545 g/mol. The normalized spacial score (nSPS) is 22.6. The van der Waals surface area contributed by atoms with Gasteiger partial charge in [-0.05, 0) is 30.3 Å². The quantitative estimate of drug-likeness (QED) is 0.297. The van der Waals surface area contributed by atoms with Gasteiger partial charge in [0.05, 0.1) is 17.4 Å². The third-order valence-corrected chi connectivity index (χ3v) is 5.97. The van der Waals surface area contributed by atoms with Crippen molar-refractivity contribution < 1.29 is 33.3 Å². The summed E-state index contributed by atoms with van der Waals surface area (Å²) in [5, 5.41) is 0.424. The first-order chi connectivity index (χ1) is 17.9. The molecule has 0 radical (unpaired) electrons. The van der Waals surface area contributed by atoms with Crippen LogP contribution in [0.4, 0.5) is 5.82 Å². The van der Waals surface area contributed by atoms with Gasteiger partial charge in [0.2, 0.25) is 11.7 Å². The number of carbonyl (C=O) groups excluding carboxylic acids is 3. The molecule has 11 nitrogen and oxygen atoms in total. The highest BCUT2D eigenvalue weighted by molar-refractivity contribution is 6.30. The number of carbonyl (C=O) groups is 3. The van der Waals surface area contributed by atoms with Crippen LogP contribution in [0.3, 0.4) is 0 Å². The van der Waals surface area contributed by atoms with E-state index in [-0.39, 0.29) is 11.4 Å². The molecule has 2 aromatic rings. The largest absolute Gasteiger partial charge is 0.459 e. The number of hydrogen-bond donors (Lipinski definition) is 1. The molecule has 1 aromatic carbocycles. The smallest absolute Gasteiger partial charge is 0.351 e. The van der Waals surface area contributed by atoms with Crippen molar-refractivity contribution in [2.24, 2.45) is 11.8 Å². The zero-order chi connectivity index (χ0) is 28.2. The first kappa shape index (κ1) is 28.7. The van der Waals surface area contributed by atoms with Gasteiger partial charge < -0.3 is 24.7 Å². The number of nitrogens with two attached hydrogens (primary N) is 1. The maximum absolute atomic E-state index is 12.8. The highest BCUT2D eigenvalue weighted by Crippen LogP contribution is 2.42. The van der Waals surface area contributed by atoms with E-state index in [1.165, 1.54) is 36.5 Å². The van der Waals surface area contributed by atoms with Crippen molar-refractivity contribution in [2.45, 2.75) is 51.7 Å². The predicted octanol–water partition coefficient (Wildman–Crippen LogP) is 2.37. The van der Waals surface area contributed by atoms with Crippen molar-refractivity contribution in [3.63, 3.8) is 0 Å². The lowest BCUT2D eigenvalue weighted by atomic mass is 9.92. The maximum atomic E-state index is 12.8. The highest BCUT2D eigenvalue weighted by atomic mass is 35.5. The first-order valence-electron chi connectivity index (χ1n) is 11.7. The van der Waals surface area contributed by atoms with E-state index in [1.54, 1.807) is 27.7 Å². The summed E-state index contributed by atoms with van der Waals surface area (Å²) in [6.45, 7) is 5.83. The topological polar surface area (TPSA) is 149 Å². The number of aromatic nitrogens is 2. The summed E-state index contributed by atoms with van der Waals surface area (Å²) < 4.78 is 23.9. The number of terminal acetylenes is 1. The van der Waals surface area contributed by atoms with Crippen molar-refractivity contribution >= 4 is 35.3 Å². The molecule has 4 atom stereocenters. The molecule has 1 aromatic heterocycles. The number of nitrogen functional groups attached to an aromatic ring is 1. The third-order valence-electron chi connectivity index (χ3n) is 5.72. The van der Waals surface area contributed by atoms with E-state index < -0.39 is 66.1 Å². The molecular weight excluding hydrogens is 518 g/mol. The molecule has 1 aliphatic heterocycles. The molecule has 0 spiro atoms. The Labute approximate surface area is 224 Å². The summed E-state index contributed by atoms with van der Waals surface area (Å²) in [6.07, 6.45) is 2.94. The average Bonchev–Trinajstić information content (AvgIpc) is 3.15. The maximum Gasteiger partial charge on any atom is 0.351 e. The lowest BCUT2D eigenvalue weighted by Crippen LogP contribution is -2.54. The Hall–Kier alpha value is -3.88. The molecule has 2 N–H and O–H groups in total. The number of halogens is 1. The Morgan fingerprint density at radius 2 is 1.79 bits per heavy atom. The standard InChI is InChI=1S/C26H28ClN3O8/c1-6-26(38-23(32)15(4)5)18(13-35-24(33)16-7-9-17(27)10-8-16)36-21(20(26)37-22(31)14(2)3)30-12-11-19(28)29-25(30)34/h1,7-12,14-15,18,20-21H,13H2,2-5H3,(H2,28,29,34)/t18-,20+,21-,26-/m1/s1. The number of hydrogen-bond acceptors (Lipinski definition) is 10. The van der Waals surface area contributed by atoms with E-state index >= 15 is 0 Å². The molecule has 12 heteroatoms. The number of benzene rings is 1. The second kappa shape index (κ2) is 11.7. The fraction of sp³-hybridized carbons (Fsp3) is 0.423. The summed E-state index contributed by atoms with van der Waals surface area (Å²) in [5.74, 6) is -1.05. The van der Waals surface area contributed by atoms with Gasteiger partial charge in [-0.25, -0.2) is 9.59 Å². The number of anilines is 1. The summed E-state index contributed by atoms with van der Waals surface area (Å²) in [5.41, 5.74) is 2.90. The van der Waals surface area contributed by atoms with Crippen LogP contribution in [-0.4, -0.2) is 51.9 Å². The minimum atomic E-state index is -2.07. The predicted molar refractivity (Wildman–Crippen MR) is 136 cm³/mol. The molecule has 1 aliphatic rings. The van der Waals surface area contributed by atoms with Crippen LogP contribution in [0.1, 0.15) is 44.3 Å². The lowest BCUT2D eigenvalue weighted by molar-refractivity contribution is -0.182. The Morgan fingerprint density at radius 1 is 1.16 bits per heavy atom. The number of rotatable bonds is 8. The molecule has 3 rings (SSSR count). The number of ether oxygens (including phenoxy) is 4. The Bertz CT molecular complexity index is 1300. The minimum Gasteiger partial charge on any atom is -0.459 e. The molecule has 0 unspecified atom stereocenters. The summed E-state index contributed by atoms with van der Waals surface area (Å²) in [7, 11) is 0. The fourth-order valence-corrected chi connectivity index (χ4v) is 3.70. The van der Waals surface area contributed by atoms with E-state index in [4.69, 9.17) is 42.7 Å². The van der Waals surface area contributed by atoms with Crippen molar-refractivity contribution in [3.05, 3.63) is 57.6 Å². The molecule has 0 aliphatic carbocycles. The van der Waals surface area contributed by atoms with E-state index in [1.807, 2.05) is 0 Å². The average molecular weight is 546 g/mol.